The quantitative estimate of drug-likeness (QED) is 0.476. The summed E-state index contributed by atoms with van der Waals surface area (Å²) in [4.78, 5) is 11.8. The predicted molar refractivity (Wildman–Crippen MR) is 107 cm³/mol. The molecular weight excluding hydrogens is 322 g/mol. The van der Waals surface area contributed by atoms with Gasteiger partial charge in [0.2, 0.25) is 0 Å². The number of carbonyl (C=O) groups is 1. The van der Waals surface area contributed by atoms with Gasteiger partial charge in [-0.2, -0.15) is 0 Å². The van der Waals surface area contributed by atoms with Gasteiger partial charge in [0.1, 0.15) is 0 Å². The SMILES string of the molecule is CCOC(=O)c1ccc(N/C(=C/c2ccccc2)c2ccccc2)cc1. The van der Waals surface area contributed by atoms with E-state index in [0.29, 0.717) is 12.2 Å². The molecule has 0 heterocycles. The van der Waals surface area contributed by atoms with Crippen LogP contribution in [0.15, 0.2) is 84.9 Å². The monoisotopic (exact) mass is 343 g/mol. The summed E-state index contributed by atoms with van der Waals surface area (Å²) in [6, 6.07) is 27.6. The van der Waals surface area contributed by atoms with Gasteiger partial charge in [0.05, 0.1) is 12.2 Å². The lowest BCUT2D eigenvalue weighted by molar-refractivity contribution is 0.0526. The predicted octanol–water partition coefficient (Wildman–Crippen LogP) is 5.47. The molecular formula is C23H21NO2. The van der Waals surface area contributed by atoms with Crippen molar-refractivity contribution in [1.29, 1.82) is 0 Å². The number of hydrogen-bond donors (Lipinski definition) is 1. The maximum Gasteiger partial charge on any atom is 0.338 e. The Morgan fingerprint density at radius 1 is 0.846 bits per heavy atom. The Bertz CT molecular complexity index is 869. The van der Waals surface area contributed by atoms with E-state index in [2.05, 4.69) is 35.7 Å². The molecule has 0 aromatic heterocycles. The summed E-state index contributed by atoms with van der Waals surface area (Å²) in [5.74, 6) is -0.304. The van der Waals surface area contributed by atoms with E-state index < -0.39 is 0 Å². The molecule has 3 rings (SSSR count). The third-order valence-corrected chi connectivity index (χ3v) is 3.87. The van der Waals surface area contributed by atoms with Gasteiger partial charge in [0, 0.05) is 11.4 Å². The van der Waals surface area contributed by atoms with E-state index in [0.717, 1.165) is 22.5 Å². The molecule has 3 nitrogen and oxygen atoms in total. The zero-order chi connectivity index (χ0) is 18.2. The molecule has 0 spiro atoms. The van der Waals surface area contributed by atoms with E-state index in [1.807, 2.05) is 48.5 Å². The topological polar surface area (TPSA) is 38.3 Å². The van der Waals surface area contributed by atoms with Crippen LogP contribution in [0.2, 0.25) is 0 Å². The summed E-state index contributed by atoms with van der Waals surface area (Å²) in [7, 11) is 0. The van der Waals surface area contributed by atoms with Gasteiger partial charge in [-0.25, -0.2) is 4.79 Å². The van der Waals surface area contributed by atoms with Crippen molar-refractivity contribution in [1.82, 2.24) is 0 Å². The van der Waals surface area contributed by atoms with Crippen LogP contribution in [0.4, 0.5) is 5.69 Å². The zero-order valence-electron chi connectivity index (χ0n) is 14.7. The van der Waals surface area contributed by atoms with Crippen molar-refractivity contribution in [2.24, 2.45) is 0 Å². The van der Waals surface area contributed by atoms with E-state index in [9.17, 15) is 4.79 Å². The van der Waals surface area contributed by atoms with Gasteiger partial charge in [0.25, 0.3) is 0 Å². The van der Waals surface area contributed by atoms with Gasteiger partial charge < -0.3 is 10.1 Å². The average molecular weight is 343 g/mol. The minimum absolute atomic E-state index is 0.304. The maximum atomic E-state index is 11.8. The van der Waals surface area contributed by atoms with E-state index in [4.69, 9.17) is 4.74 Å². The van der Waals surface area contributed by atoms with Crippen molar-refractivity contribution >= 4 is 23.4 Å². The van der Waals surface area contributed by atoms with Crippen LogP contribution >= 0.6 is 0 Å². The lowest BCUT2D eigenvalue weighted by Crippen LogP contribution is -2.05. The number of esters is 1. The lowest BCUT2D eigenvalue weighted by Gasteiger charge is -2.12. The van der Waals surface area contributed by atoms with Crippen LogP contribution in [-0.4, -0.2) is 12.6 Å². The highest BCUT2D eigenvalue weighted by molar-refractivity contribution is 5.91. The molecule has 0 fully saturated rings. The molecule has 0 atom stereocenters. The van der Waals surface area contributed by atoms with Crippen LogP contribution in [-0.2, 0) is 4.74 Å². The highest BCUT2D eigenvalue weighted by atomic mass is 16.5. The number of hydrogen-bond acceptors (Lipinski definition) is 3. The van der Waals surface area contributed by atoms with Gasteiger partial charge in [-0.1, -0.05) is 60.7 Å². The van der Waals surface area contributed by atoms with Gasteiger partial charge in [0.15, 0.2) is 0 Å². The van der Waals surface area contributed by atoms with Gasteiger partial charge in [-0.3, -0.25) is 0 Å². The summed E-state index contributed by atoms with van der Waals surface area (Å²) in [6.45, 7) is 2.17. The van der Waals surface area contributed by atoms with Gasteiger partial charge >= 0.3 is 5.97 Å². The third-order valence-electron chi connectivity index (χ3n) is 3.87. The van der Waals surface area contributed by atoms with Crippen LogP contribution in [0.25, 0.3) is 11.8 Å². The molecule has 0 aliphatic heterocycles. The van der Waals surface area contributed by atoms with Crippen molar-refractivity contribution in [3.05, 3.63) is 102 Å². The molecule has 3 heteroatoms. The minimum atomic E-state index is -0.304. The largest absolute Gasteiger partial charge is 0.462 e. The van der Waals surface area contributed by atoms with Crippen LogP contribution in [0, 0.1) is 0 Å². The Balaban J connectivity index is 1.87. The Kier molecular flexibility index (Phi) is 5.84. The molecule has 1 N–H and O–H groups in total. The van der Waals surface area contributed by atoms with Crippen molar-refractivity contribution in [3.63, 3.8) is 0 Å². The zero-order valence-corrected chi connectivity index (χ0v) is 14.7. The second-order valence-corrected chi connectivity index (χ2v) is 5.76. The van der Waals surface area contributed by atoms with E-state index in [1.165, 1.54) is 0 Å². The Morgan fingerprint density at radius 2 is 1.46 bits per heavy atom. The summed E-state index contributed by atoms with van der Waals surface area (Å²) in [6.07, 6.45) is 2.11. The van der Waals surface area contributed by atoms with Crippen molar-refractivity contribution in [3.8, 4) is 0 Å². The number of benzene rings is 3. The van der Waals surface area contributed by atoms with Crippen LogP contribution < -0.4 is 5.32 Å². The molecule has 0 radical (unpaired) electrons. The fraction of sp³-hybridized carbons (Fsp3) is 0.0870. The second-order valence-electron chi connectivity index (χ2n) is 5.76. The van der Waals surface area contributed by atoms with Crippen LogP contribution in [0.5, 0.6) is 0 Å². The standard InChI is InChI=1S/C23H21NO2/c1-2-26-23(25)20-13-15-21(16-14-20)24-22(19-11-7-4-8-12-19)17-18-9-5-3-6-10-18/h3-17,24H,2H2,1H3/b22-17+. The van der Waals surface area contributed by atoms with Crippen LogP contribution in [0.1, 0.15) is 28.4 Å². The lowest BCUT2D eigenvalue weighted by atomic mass is 10.1. The minimum Gasteiger partial charge on any atom is -0.462 e. The van der Waals surface area contributed by atoms with Gasteiger partial charge in [-0.15, -0.1) is 0 Å². The highest BCUT2D eigenvalue weighted by Crippen LogP contribution is 2.22. The first kappa shape index (κ1) is 17.5. The molecule has 3 aromatic rings. The molecule has 0 aliphatic carbocycles. The summed E-state index contributed by atoms with van der Waals surface area (Å²) >= 11 is 0. The molecule has 130 valence electrons. The van der Waals surface area contributed by atoms with Crippen LogP contribution in [0.3, 0.4) is 0 Å². The molecule has 0 saturated carbocycles. The highest BCUT2D eigenvalue weighted by Gasteiger charge is 2.07. The Hall–Kier alpha value is -3.33. The average Bonchev–Trinajstić information content (AvgIpc) is 2.70. The third kappa shape index (κ3) is 4.61. The molecule has 26 heavy (non-hydrogen) atoms. The van der Waals surface area contributed by atoms with E-state index in [1.54, 1.807) is 19.1 Å². The molecule has 0 unspecified atom stereocenters. The molecule has 0 amide bonds. The van der Waals surface area contributed by atoms with Crippen molar-refractivity contribution in [2.45, 2.75) is 6.92 Å². The second kappa shape index (κ2) is 8.67. The number of rotatable bonds is 6. The molecule has 0 bridgehead atoms. The molecule has 3 aromatic carbocycles. The number of anilines is 1. The first-order chi connectivity index (χ1) is 12.8. The Labute approximate surface area is 154 Å². The van der Waals surface area contributed by atoms with Crippen molar-refractivity contribution in [2.75, 3.05) is 11.9 Å². The molecule has 0 saturated heterocycles. The van der Waals surface area contributed by atoms with Gasteiger partial charge in [-0.05, 0) is 48.4 Å². The summed E-state index contributed by atoms with van der Waals surface area (Å²) in [5, 5.41) is 3.45. The smallest absolute Gasteiger partial charge is 0.338 e. The summed E-state index contributed by atoms with van der Waals surface area (Å²) < 4.78 is 5.03. The first-order valence-electron chi connectivity index (χ1n) is 8.62. The number of nitrogens with one attached hydrogen (secondary N) is 1. The fourth-order valence-electron chi connectivity index (χ4n) is 2.58. The number of ether oxygens (including phenoxy) is 1. The molecule has 0 aliphatic rings. The first-order valence-corrected chi connectivity index (χ1v) is 8.62. The summed E-state index contributed by atoms with van der Waals surface area (Å²) in [5.41, 5.74) is 4.64. The van der Waals surface area contributed by atoms with E-state index in [-0.39, 0.29) is 5.97 Å². The van der Waals surface area contributed by atoms with E-state index >= 15 is 0 Å². The van der Waals surface area contributed by atoms with Crippen molar-refractivity contribution < 1.29 is 9.53 Å². The maximum absolute atomic E-state index is 11.8. The fourth-order valence-corrected chi connectivity index (χ4v) is 2.58. The normalized spacial score (nSPS) is 11.0. The number of carbonyl (C=O) groups excluding carboxylic acids is 1. The Morgan fingerprint density at radius 3 is 2.08 bits per heavy atom.